The van der Waals surface area contributed by atoms with Crippen molar-refractivity contribution in [1.82, 2.24) is 9.62 Å². The number of nitrogens with zero attached hydrogens (tertiary/aromatic N) is 1. The fourth-order valence-corrected chi connectivity index (χ4v) is 5.64. The predicted octanol–water partition coefficient (Wildman–Crippen LogP) is 1.99. The Bertz CT molecular complexity index is 641. The molecule has 2 aliphatic rings. The van der Waals surface area contributed by atoms with Crippen LogP contribution in [0, 0.1) is 5.92 Å². The summed E-state index contributed by atoms with van der Waals surface area (Å²) in [5.41, 5.74) is 0. The van der Waals surface area contributed by atoms with Crippen molar-refractivity contribution in [1.29, 1.82) is 0 Å². The molecule has 2 fully saturated rings. The van der Waals surface area contributed by atoms with Crippen LogP contribution in [0.5, 0.6) is 0 Å². The molecule has 122 valence electrons. The van der Waals surface area contributed by atoms with E-state index in [0.29, 0.717) is 36.2 Å². The summed E-state index contributed by atoms with van der Waals surface area (Å²) in [7, 11) is -3.39. The number of carbonyl (C=O) groups is 1. The highest BCUT2D eigenvalue weighted by molar-refractivity contribution is 7.91. The van der Waals surface area contributed by atoms with E-state index in [1.807, 2.05) is 13.0 Å². The van der Waals surface area contributed by atoms with E-state index < -0.39 is 10.0 Å². The second-order valence-corrected chi connectivity index (χ2v) is 9.37. The van der Waals surface area contributed by atoms with Gasteiger partial charge in [0.2, 0.25) is 5.91 Å². The minimum atomic E-state index is -3.39. The maximum absolute atomic E-state index is 12.6. The number of thiophene rings is 1. The Labute approximate surface area is 135 Å². The standard InChI is InChI=1S/C15H22N2O3S2/c1-2-13-5-6-14(21-13)22(19,20)17-9-7-11(8-10-17)15(18)16-12-3-4-12/h5-6,11-12H,2-4,7-10H2,1H3,(H,16,18). The van der Waals surface area contributed by atoms with Gasteiger partial charge in [-0.1, -0.05) is 6.92 Å². The van der Waals surface area contributed by atoms with E-state index in [9.17, 15) is 13.2 Å². The molecule has 3 rings (SSSR count). The molecule has 1 N–H and O–H groups in total. The third-order valence-corrected chi connectivity index (χ3v) is 7.92. The molecule has 1 aromatic rings. The largest absolute Gasteiger partial charge is 0.353 e. The first kappa shape index (κ1) is 16.0. The third-order valence-electron chi connectivity index (χ3n) is 4.33. The molecule has 1 aliphatic carbocycles. The Balaban J connectivity index is 1.61. The van der Waals surface area contributed by atoms with Gasteiger partial charge in [-0.2, -0.15) is 4.31 Å². The van der Waals surface area contributed by atoms with Gasteiger partial charge in [-0.3, -0.25) is 4.79 Å². The molecule has 0 aromatic carbocycles. The van der Waals surface area contributed by atoms with Gasteiger partial charge >= 0.3 is 0 Å². The number of aryl methyl sites for hydroxylation is 1. The molecular weight excluding hydrogens is 320 g/mol. The highest BCUT2D eigenvalue weighted by Gasteiger charge is 2.34. The Morgan fingerprint density at radius 2 is 1.95 bits per heavy atom. The summed E-state index contributed by atoms with van der Waals surface area (Å²) in [5.74, 6) is 0.0607. The van der Waals surface area contributed by atoms with Gasteiger partial charge in [0.05, 0.1) is 0 Å². The highest BCUT2D eigenvalue weighted by atomic mass is 32.2. The zero-order valence-corrected chi connectivity index (χ0v) is 14.4. The number of piperidine rings is 1. The van der Waals surface area contributed by atoms with Crippen LogP contribution in [0.4, 0.5) is 0 Å². The fraction of sp³-hybridized carbons (Fsp3) is 0.667. The molecule has 22 heavy (non-hydrogen) atoms. The van der Waals surface area contributed by atoms with Crippen molar-refractivity contribution >= 4 is 27.3 Å². The van der Waals surface area contributed by atoms with Gasteiger partial charge < -0.3 is 5.32 Å². The molecule has 0 bridgehead atoms. The molecule has 0 atom stereocenters. The molecule has 7 heteroatoms. The zero-order chi connectivity index (χ0) is 15.7. The van der Waals surface area contributed by atoms with Crippen LogP contribution in [0.15, 0.2) is 16.3 Å². The molecule has 1 saturated carbocycles. The maximum Gasteiger partial charge on any atom is 0.252 e. The van der Waals surface area contributed by atoms with Gasteiger partial charge in [-0.25, -0.2) is 8.42 Å². The average molecular weight is 342 g/mol. The van der Waals surface area contributed by atoms with Crippen molar-refractivity contribution in [2.45, 2.75) is 49.3 Å². The third kappa shape index (κ3) is 3.36. The van der Waals surface area contributed by atoms with Crippen molar-refractivity contribution in [3.05, 3.63) is 17.0 Å². The molecule has 5 nitrogen and oxygen atoms in total. The van der Waals surface area contributed by atoms with Crippen LogP contribution in [0.25, 0.3) is 0 Å². The monoisotopic (exact) mass is 342 g/mol. The fourth-order valence-electron chi connectivity index (χ4n) is 2.72. The first-order valence-corrected chi connectivity index (χ1v) is 10.2. The average Bonchev–Trinajstić information content (AvgIpc) is 3.19. The van der Waals surface area contributed by atoms with Gasteiger partial charge in [-0.15, -0.1) is 11.3 Å². The van der Waals surface area contributed by atoms with E-state index in [0.717, 1.165) is 24.1 Å². The van der Waals surface area contributed by atoms with E-state index in [4.69, 9.17) is 0 Å². The van der Waals surface area contributed by atoms with Gasteiger partial charge in [0, 0.05) is 29.9 Å². The summed E-state index contributed by atoms with van der Waals surface area (Å²) in [6.07, 6.45) is 4.24. The zero-order valence-electron chi connectivity index (χ0n) is 12.7. The molecule has 2 heterocycles. The summed E-state index contributed by atoms with van der Waals surface area (Å²) >= 11 is 1.35. The van der Waals surface area contributed by atoms with Crippen LogP contribution in [0.2, 0.25) is 0 Å². The minimum absolute atomic E-state index is 0.0402. The molecular formula is C15H22N2O3S2. The van der Waals surface area contributed by atoms with Gasteiger partial charge in [0.15, 0.2) is 0 Å². The SMILES string of the molecule is CCc1ccc(S(=O)(=O)N2CCC(C(=O)NC3CC3)CC2)s1. The Kier molecular flexibility index (Phi) is 4.56. The summed E-state index contributed by atoms with van der Waals surface area (Å²) in [4.78, 5) is 13.1. The second kappa shape index (κ2) is 6.29. The Morgan fingerprint density at radius 3 is 2.50 bits per heavy atom. The molecule has 0 spiro atoms. The lowest BCUT2D eigenvalue weighted by Crippen LogP contribution is -2.43. The van der Waals surface area contributed by atoms with E-state index in [2.05, 4.69) is 5.32 Å². The topological polar surface area (TPSA) is 66.5 Å². The van der Waals surface area contributed by atoms with Crippen molar-refractivity contribution in [3.63, 3.8) is 0 Å². The summed E-state index contributed by atoms with van der Waals surface area (Å²) < 4.78 is 27.2. The number of amides is 1. The molecule has 1 amide bonds. The van der Waals surface area contributed by atoms with Gasteiger partial charge in [0.25, 0.3) is 10.0 Å². The Morgan fingerprint density at radius 1 is 1.27 bits per heavy atom. The highest BCUT2D eigenvalue weighted by Crippen LogP contribution is 2.29. The molecule has 1 aliphatic heterocycles. The number of nitrogens with one attached hydrogen (secondary N) is 1. The van der Waals surface area contributed by atoms with Crippen LogP contribution >= 0.6 is 11.3 Å². The quantitative estimate of drug-likeness (QED) is 0.890. The van der Waals surface area contributed by atoms with Crippen molar-refractivity contribution in [2.75, 3.05) is 13.1 Å². The summed E-state index contributed by atoms with van der Waals surface area (Å²) in [5, 5.41) is 3.01. The van der Waals surface area contributed by atoms with Crippen molar-refractivity contribution in [2.24, 2.45) is 5.92 Å². The van der Waals surface area contributed by atoms with Crippen molar-refractivity contribution < 1.29 is 13.2 Å². The lowest BCUT2D eigenvalue weighted by Gasteiger charge is -2.30. The molecule has 1 saturated heterocycles. The predicted molar refractivity (Wildman–Crippen MR) is 86.3 cm³/mol. The van der Waals surface area contributed by atoms with Crippen LogP contribution in [-0.2, 0) is 21.2 Å². The summed E-state index contributed by atoms with van der Waals surface area (Å²) in [6, 6.07) is 3.95. The minimum Gasteiger partial charge on any atom is -0.353 e. The maximum atomic E-state index is 12.6. The first-order valence-electron chi connectivity index (χ1n) is 7.90. The van der Waals surface area contributed by atoms with E-state index >= 15 is 0 Å². The van der Waals surface area contributed by atoms with Crippen LogP contribution in [0.3, 0.4) is 0 Å². The van der Waals surface area contributed by atoms with Crippen molar-refractivity contribution in [3.8, 4) is 0 Å². The van der Waals surface area contributed by atoms with Crippen LogP contribution in [0.1, 0.15) is 37.5 Å². The first-order chi connectivity index (χ1) is 10.5. The van der Waals surface area contributed by atoms with Crippen LogP contribution in [-0.4, -0.2) is 37.8 Å². The molecule has 0 radical (unpaired) electrons. The van der Waals surface area contributed by atoms with E-state index in [1.54, 1.807) is 6.07 Å². The Hall–Kier alpha value is -0.920. The second-order valence-electron chi connectivity index (χ2n) is 6.04. The summed E-state index contributed by atoms with van der Waals surface area (Å²) in [6.45, 7) is 2.89. The van der Waals surface area contributed by atoms with Gasteiger partial charge in [-0.05, 0) is 44.2 Å². The van der Waals surface area contributed by atoms with E-state index in [1.165, 1.54) is 15.6 Å². The molecule has 0 unspecified atom stereocenters. The smallest absolute Gasteiger partial charge is 0.252 e. The normalized spacial score (nSPS) is 21.0. The number of rotatable bonds is 5. The number of sulfonamides is 1. The lowest BCUT2D eigenvalue weighted by molar-refractivity contribution is -0.126. The lowest BCUT2D eigenvalue weighted by atomic mass is 9.97. The molecule has 1 aromatic heterocycles. The number of hydrogen-bond donors (Lipinski definition) is 1. The van der Waals surface area contributed by atoms with E-state index in [-0.39, 0.29) is 11.8 Å². The number of carbonyl (C=O) groups excluding carboxylic acids is 1. The van der Waals surface area contributed by atoms with Crippen LogP contribution < -0.4 is 5.32 Å². The van der Waals surface area contributed by atoms with Gasteiger partial charge in [0.1, 0.15) is 4.21 Å². The number of hydrogen-bond acceptors (Lipinski definition) is 4.